The van der Waals surface area contributed by atoms with Crippen LogP contribution < -0.4 is 10.1 Å². The molecule has 0 saturated carbocycles. The molecular formula is C18H27N3O4S. The van der Waals surface area contributed by atoms with Crippen molar-refractivity contribution in [2.45, 2.75) is 17.7 Å². The van der Waals surface area contributed by atoms with Gasteiger partial charge in [0.25, 0.3) is 0 Å². The van der Waals surface area contributed by atoms with Gasteiger partial charge in [-0.15, -0.1) is 0 Å². The SMILES string of the molecule is CN=C(NCCOc1ccc(S(C)(=O)=O)cc1)N1CCC2(CCOC2)C1. The normalized spacial score (nSPS) is 23.6. The summed E-state index contributed by atoms with van der Waals surface area (Å²) in [6.07, 6.45) is 3.47. The van der Waals surface area contributed by atoms with Gasteiger partial charge in [0.15, 0.2) is 15.8 Å². The zero-order chi connectivity index (χ0) is 18.6. The standard InChI is InChI=1S/C18H27N3O4S/c1-19-17(21-10-7-18(13-21)8-11-24-14-18)20-9-12-25-15-3-5-16(6-4-15)26(2,22)23/h3-6H,7-14H2,1-2H3,(H,19,20). The minimum absolute atomic E-state index is 0.294. The first-order valence-electron chi connectivity index (χ1n) is 8.88. The van der Waals surface area contributed by atoms with Crippen molar-refractivity contribution >= 4 is 15.8 Å². The van der Waals surface area contributed by atoms with Crippen LogP contribution in [0.2, 0.25) is 0 Å². The van der Waals surface area contributed by atoms with E-state index in [1.807, 2.05) is 0 Å². The zero-order valence-corrected chi connectivity index (χ0v) is 16.2. The van der Waals surface area contributed by atoms with E-state index in [9.17, 15) is 8.42 Å². The Kier molecular flexibility index (Phi) is 5.72. The Labute approximate surface area is 155 Å². The van der Waals surface area contributed by atoms with Gasteiger partial charge in [0.2, 0.25) is 0 Å². The Morgan fingerprint density at radius 1 is 1.35 bits per heavy atom. The average molecular weight is 381 g/mol. The molecule has 26 heavy (non-hydrogen) atoms. The molecule has 1 spiro atoms. The van der Waals surface area contributed by atoms with Crippen molar-refractivity contribution in [3.8, 4) is 5.75 Å². The molecule has 1 aromatic rings. The van der Waals surface area contributed by atoms with Crippen molar-refractivity contribution < 1.29 is 17.9 Å². The summed E-state index contributed by atoms with van der Waals surface area (Å²) in [5.41, 5.74) is 0.301. The van der Waals surface area contributed by atoms with Crippen LogP contribution in [0.3, 0.4) is 0 Å². The largest absolute Gasteiger partial charge is 0.492 e. The fourth-order valence-corrected chi connectivity index (χ4v) is 4.16. The summed E-state index contributed by atoms with van der Waals surface area (Å²) >= 11 is 0. The monoisotopic (exact) mass is 381 g/mol. The van der Waals surface area contributed by atoms with Gasteiger partial charge in [0.05, 0.1) is 18.0 Å². The lowest BCUT2D eigenvalue weighted by atomic mass is 9.87. The van der Waals surface area contributed by atoms with Crippen LogP contribution in [0.25, 0.3) is 0 Å². The van der Waals surface area contributed by atoms with Crippen LogP contribution in [-0.4, -0.2) is 72.0 Å². The first kappa shape index (κ1) is 19.0. The number of nitrogens with zero attached hydrogens (tertiary/aromatic N) is 2. The first-order valence-corrected chi connectivity index (χ1v) is 10.8. The molecule has 144 valence electrons. The lowest BCUT2D eigenvalue weighted by molar-refractivity contribution is 0.156. The van der Waals surface area contributed by atoms with Crippen LogP contribution in [0.4, 0.5) is 0 Å². The van der Waals surface area contributed by atoms with Crippen molar-refractivity contribution in [3.05, 3.63) is 24.3 Å². The maximum absolute atomic E-state index is 11.5. The van der Waals surface area contributed by atoms with Gasteiger partial charge in [0, 0.05) is 38.4 Å². The van der Waals surface area contributed by atoms with Gasteiger partial charge >= 0.3 is 0 Å². The lowest BCUT2D eigenvalue weighted by Gasteiger charge is -2.24. The van der Waals surface area contributed by atoms with E-state index >= 15 is 0 Å². The van der Waals surface area contributed by atoms with Crippen LogP contribution in [0.1, 0.15) is 12.8 Å². The molecule has 2 heterocycles. The third-order valence-electron chi connectivity index (χ3n) is 5.04. The molecule has 0 radical (unpaired) electrons. The number of nitrogens with one attached hydrogen (secondary N) is 1. The number of guanidine groups is 1. The third kappa shape index (κ3) is 4.48. The fraction of sp³-hybridized carbons (Fsp3) is 0.611. The maximum atomic E-state index is 11.5. The number of aliphatic imine (C=N–C) groups is 1. The molecule has 1 unspecified atom stereocenters. The van der Waals surface area contributed by atoms with E-state index < -0.39 is 9.84 Å². The smallest absolute Gasteiger partial charge is 0.193 e. The highest BCUT2D eigenvalue weighted by Crippen LogP contribution is 2.38. The number of likely N-dealkylation sites (tertiary alicyclic amines) is 1. The minimum atomic E-state index is -3.18. The van der Waals surface area contributed by atoms with Crippen LogP contribution in [-0.2, 0) is 14.6 Å². The molecule has 0 aliphatic carbocycles. The summed E-state index contributed by atoms with van der Waals surface area (Å²) in [5.74, 6) is 1.54. The maximum Gasteiger partial charge on any atom is 0.193 e. The highest BCUT2D eigenvalue weighted by Gasteiger charge is 2.42. The number of benzene rings is 1. The molecule has 1 aromatic carbocycles. The second-order valence-corrected chi connectivity index (χ2v) is 9.06. The van der Waals surface area contributed by atoms with E-state index in [-0.39, 0.29) is 0 Å². The van der Waals surface area contributed by atoms with Crippen molar-refractivity contribution in [2.75, 3.05) is 52.8 Å². The molecule has 3 rings (SSSR count). The number of hydrogen-bond acceptors (Lipinski definition) is 5. The van der Waals surface area contributed by atoms with Crippen molar-refractivity contribution in [1.82, 2.24) is 10.2 Å². The summed E-state index contributed by atoms with van der Waals surface area (Å²) in [5, 5.41) is 3.34. The Bertz CT molecular complexity index is 740. The molecule has 2 aliphatic heterocycles. The summed E-state index contributed by atoms with van der Waals surface area (Å²) < 4.78 is 34.2. The van der Waals surface area contributed by atoms with E-state index in [1.165, 1.54) is 6.26 Å². The van der Waals surface area contributed by atoms with E-state index in [1.54, 1.807) is 31.3 Å². The minimum Gasteiger partial charge on any atom is -0.492 e. The predicted molar refractivity (Wildman–Crippen MR) is 100 cm³/mol. The molecule has 1 N–H and O–H groups in total. The van der Waals surface area contributed by atoms with Gasteiger partial charge in [-0.3, -0.25) is 4.99 Å². The Balaban J connectivity index is 1.44. The zero-order valence-electron chi connectivity index (χ0n) is 15.4. The van der Waals surface area contributed by atoms with Gasteiger partial charge in [-0.05, 0) is 37.1 Å². The summed E-state index contributed by atoms with van der Waals surface area (Å²) in [6, 6.07) is 6.47. The molecule has 8 heteroatoms. The first-order chi connectivity index (χ1) is 12.4. The molecule has 1 atom stereocenters. The number of rotatable bonds is 5. The Morgan fingerprint density at radius 3 is 2.73 bits per heavy atom. The van der Waals surface area contributed by atoms with Gasteiger partial charge in [-0.1, -0.05) is 0 Å². The third-order valence-corrected chi connectivity index (χ3v) is 6.17. The van der Waals surface area contributed by atoms with Crippen molar-refractivity contribution in [3.63, 3.8) is 0 Å². The summed E-state index contributed by atoms with van der Waals surface area (Å²) in [4.78, 5) is 6.96. The lowest BCUT2D eigenvalue weighted by Crippen LogP contribution is -2.42. The summed E-state index contributed by atoms with van der Waals surface area (Å²) in [7, 11) is -1.38. The topological polar surface area (TPSA) is 80.2 Å². The van der Waals surface area contributed by atoms with Crippen molar-refractivity contribution in [1.29, 1.82) is 0 Å². The van der Waals surface area contributed by atoms with Crippen LogP contribution in [0.5, 0.6) is 5.75 Å². The van der Waals surface area contributed by atoms with Crippen molar-refractivity contribution in [2.24, 2.45) is 10.4 Å². The highest BCUT2D eigenvalue weighted by molar-refractivity contribution is 7.90. The highest BCUT2D eigenvalue weighted by atomic mass is 32.2. The van der Waals surface area contributed by atoms with E-state index in [0.717, 1.165) is 45.1 Å². The van der Waals surface area contributed by atoms with Gasteiger partial charge in [-0.2, -0.15) is 0 Å². The molecule has 2 aliphatic rings. The fourth-order valence-electron chi connectivity index (χ4n) is 3.53. The summed E-state index contributed by atoms with van der Waals surface area (Å²) in [6.45, 7) is 4.80. The number of hydrogen-bond donors (Lipinski definition) is 1. The van der Waals surface area contributed by atoms with Crippen LogP contribution in [0, 0.1) is 5.41 Å². The molecule has 7 nitrogen and oxygen atoms in total. The van der Waals surface area contributed by atoms with Gasteiger partial charge in [0.1, 0.15) is 12.4 Å². The Hall–Kier alpha value is -1.80. The number of ether oxygens (including phenoxy) is 2. The van der Waals surface area contributed by atoms with E-state index in [0.29, 0.717) is 29.2 Å². The number of sulfone groups is 1. The van der Waals surface area contributed by atoms with E-state index in [2.05, 4.69) is 15.2 Å². The second kappa shape index (κ2) is 7.84. The molecular weight excluding hydrogens is 354 g/mol. The second-order valence-electron chi connectivity index (χ2n) is 7.04. The average Bonchev–Trinajstić information content (AvgIpc) is 3.25. The van der Waals surface area contributed by atoms with Crippen LogP contribution in [0.15, 0.2) is 34.2 Å². The molecule has 2 saturated heterocycles. The molecule has 0 aromatic heterocycles. The van der Waals surface area contributed by atoms with Gasteiger partial charge < -0.3 is 19.7 Å². The Morgan fingerprint density at radius 2 is 2.12 bits per heavy atom. The molecule has 0 bridgehead atoms. The van der Waals surface area contributed by atoms with Crippen LogP contribution >= 0.6 is 0 Å². The predicted octanol–water partition coefficient (Wildman–Crippen LogP) is 1.16. The molecule has 2 fully saturated rings. The molecule has 0 amide bonds. The van der Waals surface area contributed by atoms with Gasteiger partial charge in [-0.25, -0.2) is 8.42 Å². The quantitative estimate of drug-likeness (QED) is 0.468. The van der Waals surface area contributed by atoms with E-state index in [4.69, 9.17) is 9.47 Å².